The summed E-state index contributed by atoms with van der Waals surface area (Å²) >= 11 is 0. The zero-order chi connectivity index (χ0) is 29.2. The summed E-state index contributed by atoms with van der Waals surface area (Å²) in [5.74, 6) is -0.480. The highest BCUT2D eigenvalue weighted by Gasteiger charge is 2.39. The number of benzene rings is 2. The zero-order valence-corrected chi connectivity index (χ0v) is 21.9. The fourth-order valence-electron chi connectivity index (χ4n) is 4.52. The molecule has 14 heteroatoms. The van der Waals surface area contributed by atoms with E-state index in [-0.39, 0.29) is 24.8 Å². The van der Waals surface area contributed by atoms with Gasteiger partial charge in [-0.25, -0.2) is 4.39 Å². The molecule has 1 saturated heterocycles. The van der Waals surface area contributed by atoms with Crippen LogP contribution in [0.5, 0.6) is 0 Å². The van der Waals surface area contributed by atoms with E-state index in [0.717, 1.165) is 0 Å². The molecular formula is C26H28F7N5O2. The van der Waals surface area contributed by atoms with Crippen LogP contribution < -0.4 is 0 Å². The molecule has 3 aromatic rings. The Kier molecular flexibility index (Phi) is 8.83. The maximum absolute atomic E-state index is 13.7. The second-order valence-corrected chi connectivity index (χ2v) is 9.78. The van der Waals surface area contributed by atoms with Crippen LogP contribution in [0.25, 0.3) is 0 Å². The van der Waals surface area contributed by atoms with Gasteiger partial charge in [0.1, 0.15) is 17.2 Å². The first kappa shape index (κ1) is 29.9. The number of halogens is 7. The van der Waals surface area contributed by atoms with Crippen LogP contribution in [0, 0.1) is 5.82 Å². The summed E-state index contributed by atoms with van der Waals surface area (Å²) in [7, 11) is 3.75. The van der Waals surface area contributed by atoms with Crippen molar-refractivity contribution in [3.05, 3.63) is 81.9 Å². The summed E-state index contributed by atoms with van der Waals surface area (Å²) in [6.45, 7) is 2.69. The van der Waals surface area contributed by atoms with E-state index in [1.165, 1.54) is 31.2 Å². The lowest BCUT2D eigenvalue weighted by Gasteiger charge is -2.42. The summed E-state index contributed by atoms with van der Waals surface area (Å²) < 4.78 is 106. The van der Waals surface area contributed by atoms with E-state index in [9.17, 15) is 30.7 Å². The first-order chi connectivity index (χ1) is 18.7. The predicted octanol–water partition coefficient (Wildman–Crippen LogP) is 5.72. The fourth-order valence-corrected chi connectivity index (χ4v) is 4.52. The number of ether oxygens (including phenoxy) is 2. The van der Waals surface area contributed by atoms with Gasteiger partial charge in [-0.05, 0) is 62.5 Å². The van der Waals surface area contributed by atoms with Gasteiger partial charge < -0.3 is 14.4 Å². The molecule has 1 N–H and O–H groups in total. The molecule has 2 heterocycles. The fraction of sp³-hybridized carbons (Fsp3) is 0.462. The molecule has 4 rings (SSSR count). The highest BCUT2D eigenvalue weighted by molar-refractivity contribution is 5.35. The number of hydrogen-bond acceptors (Lipinski definition) is 6. The number of aromatic nitrogens is 3. The third kappa shape index (κ3) is 7.16. The van der Waals surface area contributed by atoms with Crippen molar-refractivity contribution in [3.8, 4) is 0 Å². The molecule has 0 saturated carbocycles. The second kappa shape index (κ2) is 11.8. The molecule has 0 radical (unpaired) electrons. The van der Waals surface area contributed by atoms with Crippen molar-refractivity contribution in [1.82, 2.24) is 25.2 Å². The van der Waals surface area contributed by atoms with Crippen LogP contribution in [0.4, 0.5) is 30.7 Å². The van der Waals surface area contributed by atoms with Crippen molar-refractivity contribution in [2.75, 3.05) is 27.2 Å². The van der Waals surface area contributed by atoms with Gasteiger partial charge in [-0.2, -0.15) is 41.8 Å². The molecule has 3 atom stereocenters. The number of aromatic amines is 1. The Labute approximate surface area is 225 Å². The Morgan fingerprint density at radius 3 is 2.17 bits per heavy atom. The summed E-state index contributed by atoms with van der Waals surface area (Å²) in [5, 5.41) is 11.0. The van der Waals surface area contributed by atoms with Crippen molar-refractivity contribution in [3.63, 3.8) is 0 Å². The van der Waals surface area contributed by atoms with Gasteiger partial charge in [0, 0.05) is 19.6 Å². The smallest absolute Gasteiger partial charge is 0.349 e. The second-order valence-electron chi connectivity index (χ2n) is 9.78. The molecule has 2 unspecified atom stereocenters. The molecule has 0 amide bonds. The predicted molar refractivity (Wildman–Crippen MR) is 129 cm³/mol. The Bertz CT molecular complexity index is 1250. The quantitative estimate of drug-likeness (QED) is 0.347. The Morgan fingerprint density at radius 2 is 1.60 bits per heavy atom. The van der Waals surface area contributed by atoms with Crippen molar-refractivity contribution in [2.45, 2.75) is 50.8 Å². The van der Waals surface area contributed by atoms with Gasteiger partial charge in [0.2, 0.25) is 0 Å². The maximum Gasteiger partial charge on any atom is 0.416 e. The Morgan fingerprint density at radius 1 is 1.00 bits per heavy atom. The third-order valence-electron chi connectivity index (χ3n) is 6.46. The summed E-state index contributed by atoms with van der Waals surface area (Å²) in [4.78, 5) is 3.86. The van der Waals surface area contributed by atoms with Crippen LogP contribution in [0.1, 0.15) is 52.7 Å². The average molecular weight is 576 g/mol. The first-order valence-electron chi connectivity index (χ1n) is 12.3. The Balaban J connectivity index is 1.66. The number of morpholine rings is 1. The molecule has 218 valence electrons. The zero-order valence-electron chi connectivity index (χ0n) is 21.9. The standard InChI is InChI=1S/C26H28F7N5O2/c1-15(17-10-18(25(28,29)30)12-19(11-17)26(31,32)33)40-24-23(16-4-6-20(27)7-5-16)38(8-9-39-24)14-22-21(13-37(2)3)34-36-35-22/h4-7,10-12,15,23-24H,8-9,13-14H2,1-3H3,(H,34,35,36)/t15-,23?,24?/m1/s1. The molecule has 7 nitrogen and oxygen atoms in total. The van der Waals surface area contributed by atoms with Gasteiger partial charge >= 0.3 is 12.4 Å². The van der Waals surface area contributed by atoms with Crippen LogP contribution >= 0.6 is 0 Å². The molecule has 1 aliphatic heterocycles. The van der Waals surface area contributed by atoms with E-state index in [4.69, 9.17) is 9.47 Å². The van der Waals surface area contributed by atoms with Gasteiger partial charge in [-0.3, -0.25) is 4.90 Å². The van der Waals surface area contributed by atoms with Gasteiger partial charge in [0.05, 0.1) is 29.9 Å². The molecule has 0 bridgehead atoms. The highest BCUT2D eigenvalue weighted by Crippen LogP contribution is 2.40. The van der Waals surface area contributed by atoms with Crippen LogP contribution in [-0.4, -0.2) is 58.7 Å². The topological polar surface area (TPSA) is 66.5 Å². The number of alkyl halides is 6. The van der Waals surface area contributed by atoms with Gasteiger partial charge in [0.25, 0.3) is 0 Å². The molecule has 1 aliphatic rings. The van der Waals surface area contributed by atoms with Crippen LogP contribution in [0.15, 0.2) is 42.5 Å². The lowest BCUT2D eigenvalue weighted by molar-refractivity contribution is -0.231. The number of H-pyrrole nitrogens is 1. The van der Waals surface area contributed by atoms with E-state index in [1.807, 2.05) is 23.9 Å². The summed E-state index contributed by atoms with van der Waals surface area (Å²) in [6, 6.07) is 6.20. The lowest BCUT2D eigenvalue weighted by atomic mass is 10.0. The highest BCUT2D eigenvalue weighted by atomic mass is 19.4. The van der Waals surface area contributed by atoms with E-state index in [0.29, 0.717) is 42.2 Å². The van der Waals surface area contributed by atoms with Crippen LogP contribution in [0.3, 0.4) is 0 Å². The van der Waals surface area contributed by atoms with Gasteiger partial charge in [-0.1, -0.05) is 12.1 Å². The Hall–Kier alpha value is -3.07. The normalized spacial score (nSPS) is 19.8. The van der Waals surface area contributed by atoms with E-state index in [1.54, 1.807) is 0 Å². The van der Waals surface area contributed by atoms with Gasteiger partial charge in [0.15, 0.2) is 6.29 Å². The van der Waals surface area contributed by atoms with Crippen molar-refractivity contribution >= 4 is 0 Å². The molecule has 40 heavy (non-hydrogen) atoms. The molecule has 1 aromatic heterocycles. The van der Waals surface area contributed by atoms with E-state index < -0.39 is 47.7 Å². The number of nitrogens with zero attached hydrogens (tertiary/aromatic N) is 4. The first-order valence-corrected chi connectivity index (χ1v) is 12.3. The number of hydrogen-bond donors (Lipinski definition) is 1. The molecular weight excluding hydrogens is 547 g/mol. The monoisotopic (exact) mass is 575 g/mol. The van der Waals surface area contributed by atoms with E-state index in [2.05, 4.69) is 15.4 Å². The molecule has 1 fully saturated rings. The van der Waals surface area contributed by atoms with Crippen LogP contribution in [0.2, 0.25) is 0 Å². The van der Waals surface area contributed by atoms with Crippen LogP contribution in [-0.2, 0) is 34.9 Å². The molecule has 0 spiro atoms. The van der Waals surface area contributed by atoms with Crippen molar-refractivity contribution in [1.29, 1.82) is 0 Å². The molecule has 2 aromatic carbocycles. The minimum Gasteiger partial charge on any atom is -0.349 e. The summed E-state index contributed by atoms with van der Waals surface area (Å²) in [6.07, 6.45) is -12.3. The minimum absolute atomic E-state index is 0.0691. The van der Waals surface area contributed by atoms with Crippen molar-refractivity contribution < 1.29 is 40.2 Å². The number of rotatable bonds is 8. The minimum atomic E-state index is -4.99. The van der Waals surface area contributed by atoms with Gasteiger partial charge in [-0.15, -0.1) is 0 Å². The average Bonchev–Trinajstić information content (AvgIpc) is 3.29. The third-order valence-corrected chi connectivity index (χ3v) is 6.46. The SMILES string of the molecule is C[C@@H](OC1OCCN(Cc2n[nH]nc2CN(C)C)C1c1ccc(F)cc1)c1cc(C(F)(F)F)cc(C(F)(F)F)c1. The summed E-state index contributed by atoms with van der Waals surface area (Å²) in [5.41, 5.74) is -1.27. The van der Waals surface area contributed by atoms with Crippen molar-refractivity contribution in [2.24, 2.45) is 0 Å². The van der Waals surface area contributed by atoms with E-state index >= 15 is 0 Å². The lowest BCUT2D eigenvalue weighted by Crippen LogP contribution is -2.46. The number of nitrogens with one attached hydrogen (secondary N) is 1. The maximum atomic E-state index is 13.7. The largest absolute Gasteiger partial charge is 0.416 e. The molecule has 0 aliphatic carbocycles.